The number of ether oxygens (including phenoxy) is 2. The zero-order valence-corrected chi connectivity index (χ0v) is 9.85. The van der Waals surface area contributed by atoms with Gasteiger partial charge in [0.1, 0.15) is 17.7 Å². The third-order valence-corrected chi connectivity index (χ3v) is 3.66. The minimum absolute atomic E-state index is 0.0731. The summed E-state index contributed by atoms with van der Waals surface area (Å²) in [4.78, 5) is 4.08. The highest BCUT2D eigenvalue weighted by molar-refractivity contribution is 6.30. The first-order chi connectivity index (χ1) is 8.27. The van der Waals surface area contributed by atoms with Crippen LogP contribution in [0.3, 0.4) is 0 Å². The van der Waals surface area contributed by atoms with Crippen molar-refractivity contribution in [2.24, 2.45) is 0 Å². The molecule has 2 aliphatic rings. The maximum atomic E-state index is 9.40. The van der Waals surface area contributed by atoms with Crippen molar-refractivity contribution in [3.8, 4) is 0 Å². The fourth-order valence-corrected chi connectivity index (χ4v) is 2.85. The van der Waals surface area contributed by atoms with E-state index in [1.165, 1.54) is 12.5 Å². The predicted octanol–water partition coefficient (Wildman–Crippen LogP) is 2.28. The Bertz CT molecular complexity index is 467. The Morgan fingerprint density at radius 1 is 1.47 bits per heavy atom. The van der Waals surface area contributed by atoms with Crippen LogP contribution in [0, 0.1) is 0 Å². The minimum atomic E-state index is -0.841. The molecule has 0 fully saturated rings. The van der Waals surface area contributed by atoms with Gasteiger partial charge in [-0.15, -0.1) is 0 Å². The van der Waals surface area contributed by atoms with Crippen LogP contribution < -0.4 is 0 Å². The van der Waals surface area contributed by atoms with Gasteiger partial charge >= 0.3 is 0 Å². The molecule has 2 heterocycles. The van der Waals surface area contributed by atoms with E-state index in [1.807, 2.05) is 6.07 Å². The van der Waals surface area contributed by atoms with Gasteiger partial charge in [0.05, 0.1) is 5.56 Å². The number of rotatable bonds is 1. The highest BCUT2D eigenvalue weighted by Gasteiger charge is 2.46. The molecule has 0 saturated heterocycles. The summed E-state index contributed by atoms with van der Waals surface area (Å²) in [6.45, 7) is 0.0941. The van der Waals surface area contributed by atoms with E-state index in [2.05, 4.69) is 4.98 Å². The maximum absolute atomic E-state index is 9.40. The molecule has 1 aliphatic carbocycles. The van der Waals surface area contributed by atoms with E-state index in [1.54, 1.807) is 6.20 Å². The topological polar surface area (TPSA) is 51.6 Å². The van der Waals surface area contributed by atoms with Crippen LogP contribution in [0.4, 0.5) is 0 Å². The lowest BCUT2D eigenvalue weighted by Crippen LogP contribution is -2.34. The van der Waals surface area contributed by atoms with E-state index in [-0.39, 0.29) is 12.5 Å². The molecule has 4 nitrogen and oxygen atoms in total. The molecule has 5 heteroatoms. The average molecular weight is 254 g/mol. The Morgan fingerprint density at radius 2 is 2.24 bits per heavy atom. The van der Waals surface area contributed by atoms with Gasteiger partial charge in [-0.25, -0.2) is 4.98 Å². The lowest BCUT2D eigenvalue weighted by Gasteiger charge is -2.36. The molecule has 1 spiro atoms. The van der Waals surface area contributed by atoms with Crippen LogP contribution >= 0.6 is 11.6 Å². The smallest absolute Gasteiger partial charge is 0.279 e. The molecule has 0 radical (unpaired) electrons. The predicted molar refractivity (Wildman–Crippen MR) is 61.3 cm³/mol. The summed E-state index contributed by atoms with van der Waals surface area (Å²) in [6.07, 6.45) is 6.14. The van der Waals surface area contributed by atoms with Crippen LogP contribution in [0.25, 0.3) is 0 Å². The molecule has 0 bridgehead atoms. The van der Waals surface area contributed by atoms with E-state index in [0.717, 1.165) is 17.5 Å². The van der Waals surface area contributed by atoms with Crippen LogP contribution in [-0.2, 0) is 15.3 Å². The van der Waals surface area contributed by atoms with Crippen LogP contribution in [0.1, 0.15) is 29.9 Å². The van der Waals surface area contributed by atoms with Crippen molar-refractivity contribution in [3.63, 3.8) is 0 Å². The second kappa shape index (κ2) is 3.89. The number of aromatic nitrogens is 1. The summed E-state index contributed by atoms with van der Waals surface area (Å²) in [7, 11) is 0. The van der Waals surface area contributed by atoms with Crippen molar-refractivity contribution < 1.29 is 14.6 Å². The number of aliphatic hydroxyl groups is 1. The van der Waals surface area contributed by atoms with Crippen molar-refractivity contribution in [3.05, 3.63) is 41.1 Å². The summed E-state index contributed by atoms with van der Waals surface area (Å²) in [5, 5.41) is 9.78. The Hall–Kier alpha value is -1.26. The molecular weight excluding hydrogens is 242 g/mol. The molecule has 90 valence electrons. The quantitative estimate of drug-likeness (QED) is 0.780. The molecule has 1 aliphatic heterocycles. The number of halogens is 1. The van der Waals surface area contributed by atoms with Crippen LogP contribution in [0.5, 0.6) is 0 Å². The molecule has 1 atom stereocenters. The van der Waals surface area contributed by atoms with Crippen molar-refractivity contribution >= 4 is 11.6 Å². The Labute approximate surface area is 104 Å². The molecule has 1 aromatic heterocycles. The lowest BCUT2D eigenvalue weighted by atomic mass is 9.80. The number of aliphatic hydroxyl groups excluding tert-OH is 1. The average Bonchev–Trinajstić information content (AvgIpc) is 2.79. The van der Waals surface area contributed by atoms with Crippen LogP contribution in [0.2, 0.25) is 5.15 Å². The van der Waals surface area contributed by atoms with Crippen molar-refractivity contribution in [2.75, 3.05) is 6.61 Å². The highest BCUT2D eigenvalue weighted by atomic mass is 35.5. The van der Waals surface area contributed by atoms with Gasteiger partial charge in [0.2, 0.25) is 0 Å². The molecule has 0 unspecified atom stereocenters. The number of fused-ring (bicyclic) bond motifs is 2. The van der Waals surface area contributed by atoms with Gasteiger partial charge in [0.15, 0.2) is 0 Å². The number of hydrogen-bond donors (Lipinski definition) is 1. The van der Waals surface area contributed by atoms with Crippen molar-refractivity contribution in [1.82, 2.24) is 4.98 Å². The second-order valence-corrected chi connectivity index (χ2v) is 4.60. The summed E-state index contributed by atoms with van der Waals surface area (Å²) in [6, 6.07) is 1.87. The van der Waals surface area contributed by atoms with Gasteiger partial charge in [-0.3, -0.25) is 0 Å². The molecule has 1 N–H and O–H groups in total. The van der Waals surface area contributed by atoms with Crippen LogP contribution in [-0.4, -0.2) is 16.7 Å². The molecular formula is C12H12ClNO3. The monoisotopic (exact) mass is 253 g/mol. The second-order valence-electron chi connectivity index (χ2n) is 4.24. The van der Waals surface area contributed by atoms with Crippen LogP contribution in [0.15, 0.2) is 24.8 Å². The van der Waals surface area contributed by atoms with Gasteiger partial charge in [-0.05, 0) is 18.1 Å². The fraction of sp³-hybridized carbons (Fsp3) is 0.417. The standard InChI is InChI=1S/C12H12ClNO3/c13-11-10-9(2-4-14-11)8(7-15)1-3-12(10)16-5-6-17-12/h2,4-6,8,15H,1,3,7H2/t8-/m1/s1. The molecule has 3 rings (SSSR count). The first-order valence-electron chi connectivity index (χ1n) is 5.53. The SMILES string of the molecule is OC[C@H]1CCC2(OC=CO2)c2c1ccnc2Cl. The number of nitrogens with zero attached hydrogens (tertiary/aromatic N) is 1. The van der Waals surface area contributed by atoms with E-state index in [9.17, 15) is 5.11 Å². The van der Waals surface area contributed by atoms with Gasteiger partial charge < -0.3 is 14.6 Å². The molecule has 0 saturated carbocycles. The Morgan fingerprint density at radius 3 is 2.94 bits per heavy atom. The molecule has 1 aromatic rings. The first kappa shape index (κ1) is 10.9. The Kier molecular flexibility index (Phi) is 2.49. The summed E-state index contributed by atoms with van der Waals surface area (Å²) in [5.41, 5.74) is 1.71. The van der Waals surface area contributed by atoms with Gasteiger partial charge in [0.25, 0.3) is 5.79 Å². The third-order valence-electron chi connectivity index (χ3n) is 3.37. The van der Waals surface area contributed by atoms with E-state index >= 15 is 0 Å². The van der Waals surface area contributed by atoms with Crippen molar-refractivity contribution in [2.45, 2.75) is 24.5 Å². The highest BCUT2D eigenvalue weighted by Crippen LogP contribution is 2.48. The minimum Gasteiger partial charge on any atom is -0.453 e. The third kappa shape index (κ3) is 1.51. The van der Waals surface area contributed by atoms with E-state index in [4.69, 9.17) is 21.1 Å². The van der Waals surface area contributed by atoms with E-state index in [0.29, 0.717) is 11.6 Å². The maximum Gasteiger partial charge on any atom is 0.279 e. The number of pyridine rings is 1. The normalized spacial score (nSPS) is 24.2. The lowest BCUT2D eigenvalue weighted by molar-refractivity contribution is -0.162. The largest absolute Gasteiger partial charge is 0.453 e. The fourth-order valence-electron chi connectivity index (χ4n) is 2.54. The van der Waals surface area contributed by atoms with Gasteiger partial charge in [-0.1, -0.05) is 11.6 Å². The van der Waals surface area contributed by atoms with Gasteiger partial charge in [0, 0.05) is 25.1 Å². The Balaban J connectivity index is 2.15. The van der Waals surface area contributed by atoms with Gasteiger partial charge in [-0.2, -0.15) is 0 Å². The molecule has 17 heavy (non-hydrogen) atoms. The van der Waals surface area contributed by atoms with Crippen molar-refractivity contribution in [1.29, 1.82) is 0 Å². The zero-order chi connectivity index (χ0) is 11.9. The summed E-state index contributed by atoms with van der Waals surface area (Å²) < 4.78 is 11.1. The summed E-state index contributed by atoms with van der Waals surface area (Å²) in [5.74, 6) is -0.768. The van der Waals surface area contributed by atoms with E-state index < -0.39 is 5.79 Å². The molecule has 0 aromatic carbocycles. The summed E-state index contributed by atoms with van der Waals surface area (Å²) >= 11 is 6.15. The first-order valence-corrected chi connectivity index (χ1v) is 5.91. The molecule has 0 amide bonds. The number of hydrogen-bond acceptors (Lipinski definition) is 4. The zero-order valence-electron chi connectivity index (χ0n) is 9.10.